The van der Waals surface area contributed by atoms with Gasteiger partial charge in [0.1, 0.15) is 0 Å². The molecule has 1 heterocycles. The molecule has 6 heteroatoms. The third-order valence-electron chi connectivity index (χ3n) is 2.50. The van der Waals surface area contributed by atoms with Crippen molar-refractivity contribution >= 4 is 29.1 Å². The van der Waals surface area contributed by atoms with Crippen LogP contribution >= 0.6 is 11.6 Å². The second kappa shape index (κ2) is 5.63. The van der Waals surface area contributed by atoms with Crippen molar-refractivity contribution in [2.24, 2.45) is 0 Å². The number of anilines is 3. The van der Waals surface area contributed by atoms with Crippen LogP contribution in [0.15, 0.2) is 24.4 Å². The number of aryl methyl sites for hydroxylation is 1. The van der Waals surface area contributed by atoms with Gasteiger partial charge in [0.15, 0.2) is 5.82 Å². The predicted octanol–water partition coefficient (Wildman–Crippen LogP) is 3.79. The molecule has 20 heavy (non-hydrogen) atoms. The molecule has 0 aliphatic heterocycles. The highest BCUT2D eigenvalue weighted by Gasteiger charge is 2.12. The van der Waals surface area contributed by atoms with E-state index in [4.69, 9.17) is 11.6 Å². The van der Waals surface area contributed by atoms with Crippen molar-refractivity contribution in [2.45, 2.75) is 33.2 Å². The van der Waals surface area contributed by atoms with Gasteiger partial charge in [-0.2, -0.15) is 10.1 Å². The second-order valence-corrected chi connectivity index (χ2v) is 6.06. The van der Waals surface area contributed by atoms with Crippen molar-refractivity contribution in [3.05, 3.63) is 35.0 Å². The molecule has 0 aliphatic carbocycles. The maximum Gasteiger partial charge on any atom is 0.245 e. The lowest BCUT2D eigenvalue weighted by Gasteiger charge is -2.20. The lowest BCUT2D eigenvalue weighted by molar-refractivity contribution is 0.623. The first-order valence-corrected chi connectivity index (χ1v) is 6.72. The Morgan fingerprint density at radius 2 is 1.95 bits per heavy atom. The zero-order chi connectivity index (χ0) is 14.8. The maximum absolute atomic E-state index is 5.94. The van der Waals surface area contributed by atoms with E-state index in [-0.39, 0.29) is 5.54 Å². The molecule has 0 atom stereocenters. The molecule has 2 rings (SSSR count). The van der Waals surface area contributed by atoms with Gasteiger partial charge in [-0.3, -0.25) is 0 Å². The van der Waals surface area contributed by atoms with Crippen LogP contribution in [0.5, 0.6) is 0 Å². The van der Waals surface area contributed by atoms with Crippen molar-refractivity contribution in [3.8, 4) is 0 Å². The third-order valence-corrected chi connectivity index (χ3v) is 2.73. The summed E-state index contributed by atoms with van der Waals surface area (Å²) in [6.45, 7) is 8.11. The molecule has 2 aromatic rings. The number of nitrogens with zero attached hydrogens (tertiary/aromatic N) is 3. The fourth-order valence-corrected chi connectivity index (χ4v) is 1.88. The van der Waals surface area contributed by atoms with E-state index in [9.17, 15) is 0 Å². The van der Waals surface area contributed by atoms with Gasteiger partial charge in [0.2, 0.25) is 5.95 Å². The van der Waals surface area contributed by atoms with Crippen LogP contribution in [0.4, 0.5) is 17.5 Å². The highest BCUT2D eigenvalue weighted by molar-refractivity contribution is 6.30. The first-order chi connectivity index (χ1) is 9.33. The third kappa shape index (κ3) is 4.06. The lowest BCUT2D eigenvalue weighted by Crippen LogP contribution is -2.27. The molecule has 0 unspecified atom stereocenters. The van der Waals surface area contributed by atoms with E-state index < -0.39 is 0 Å². The molecule has 0 amide bonds. The molecule has 2 N–H and O–H groups in total. The average Bonchev–Trinajstić information content (AvgIpc) is 2.31. The Morgan fingerprint density at radius 3 is 2.60 bits per heavy atom. The van der Waals surface area contributed by atoms with Gasteiger partial charge in [-0.15, -0.1) is 5.10 Å². The zero-order valence-corrected chi connectivity index (χ0v) is 12.8. The molecule has 0 radical (unpaired) electrons. The van der Waals surface area contributed by atoms with Crippen molar-refractivity contribution in [3.63, 3.8) is 0 Å². The molecule has 0 bridgehead atoms. The second-order valence-electron chi connectivity index (χ2n) is 5.62. The highest BCUT2D eigenvalue weighted by atomic mass is 35.5. The summed E-state index contributed by atoms with van der Waals surface area (Å²) in [5, 5.41) is 15.0. The van der Waals surface area contributed by atoms with Gasteiger partial charge < -0.3 is 10.6 Å². The Kier molecular flexibility index (Phi) is 4.09. The highest BCUT2D eigenvalue weighted by Crippen LogP contribution is 2.22. The molecule has 106 valence electrons. The number of hydrogen-bond donors (Lipinski definition) is 2. The normalized spacial score (nSPS) is 11.2. The van der Waals surface area contributed by atoms with Crippen LogP contribution in [0.1, 0.15) is 26.3 Å². The van der Waals surface area contributed by atoms with E-state index in [2.05, 4.69) is 25.8 Å². The van der Waals surface area contributed by atoms with Crippen LogP contribution in [-0.2, 0) is 0 Å². The fourth-order valence-electron chi connectivity index (χ4n) is 1.66. The minimum atomic E-state index is -0.115. The summed E-state index contributed by atoms with van der Waals surface area (Å²) in [5.74, 6) is 1.13. The molecule has 5 nitrogen and oxygen atoms in total. The quantitative estimate of drug-likeness (QED) is 0.901. The van der Waals surface area contributed by atoms with Crippen LogP contribution in [0.2, 0.25) is 5.02 Å². The van der Waals surface area contributed by atoms with Gasteiger partial charge in [0, 0.05) is 16.2 Å². The van der Waals surface area contributed by atoms with E-state index in [1.54, 1.807) is 6.20 Å². The first-order valence-electron chi connectivity index (χ1n) is 6.34. The van der Waals surface area contributed by atoms with Crippen LogP contribution in [0.3, 0.4) is 0 Å². The minimum Gasteiger partial charge on any atom is -0.348 e. The number of hydrogen-bond acceptors (Lipinski definition) is 5. The Balaban J connectivity index is 2.19. The minimum absolute atomic E-state index is 0.115. The van der Waals surface area contributed by atoms with Crippen LogP contribution in [0, 0.1) is 6.92 Å². The Labute approximate surface area is 123 Å². The monoisotopic (exact) mass is 291 g/mol. The number of halogens is 1. The molecular weight excluding hydrogens is 274 g/mol. The van der Waals surface area contributed by atoms with Gasteiger partial charge in [-0.25, -0.2) is 0 Å². The summed E-state index contributed by atoms with van der Waals surface area (Å²) in [5.41, 5.74) is 1.87. The topological polar surface area (TPSA) is 62.7 Å². The summed E-state index contributed by atoms with van der Waals surface area (Å²) in [4.78, 5) is 4.39. The molecular formula is C14H18ClN5. The van der Waals surface area contributed by atoms with Gasteiger partial charge in [0.05, 0.1) is 6.20 Å². The molecule has 0 spiro atoms. The summed E-state index contributed by atoms with van der Waals surface area (Å²) in [6, 6.07) is 5.64. The predicted molar refractivity (Wildman–Crippen MR) is 82.7 cm³/mol. The van der Waals surface area contributed by atoms with Crippen molar-refractivity contribution in [1.29, 1.82) is 0 Å². The summed E-state index contributed by atoms with van der Waals surface area (Å²) in [6.07, 6.45) is 1.59. The van der Waals surface area contributed by atoms with Gasteiger partial charge in [-0.05, 0) is 51.5 Å². The van der Waals surface area contributed by atoms with Crippen LogP contribution < -0.4 is 10.6 Å². The van der Waals surface area contributed by atoms with Crippen LogP contribution in [-0.4, -0.2) is 20.7 Å². The smallest absolute Gasteiger partial charge is 0.245 e. The van der Waals surface area contributed by atoms with E-state index in [1.165, 1.54) is 0 Å². The number of rotatable bonds is 3. The Morgan fingerprint density at radius 1 is 1.20 bits per heavy atom. The van der Waals surface area contributed by atoms with E-state index in [0.29, 0.717) is 16.8 Å². The molecule has 1 aromatic carbocycles. The van der Waals surface area contributed by atoms with Gasteiger partial charge >= 0.3 is 0 Å². The number of benzene rings is 1. The van der Waals surface area contributed by atoms with Crippen molar-refractivity contribution in [2.75, 3.05) is 10.6 Å². The lowest BCUT2D eigenvalue weighted by atomic mass is 10.1. The van der Waals surface area contributed by atoms with E-state index in [1.807, 2.05) is 45.9 Å². The van der Waals surface area contributed by atoms with Crippen molar-refractivity contribution < 1.29 is 0 Å². The molecule has 0 fully saturated rings. The fraction of sp³-hybridized carbons (Fsp3) is 0.357. The summed E-state index contributed by atoms with van der Waals surface area (Å²) < 4.78 is 0. The van der Waals surface area contributed by atoms with E-state index in [0.717, 1.165) is 11.3 Å². The Hall–Kier alpha value is -1.88. The largest absolute Gasteiger partial charge is 0.348 e. The van der Waals surface area contributed by atoms with Gasteiger partial charge in [0.25, 0.3) is 0 Å². The van der Waals surface area contributed by atoms with Gasteiger partial charge in [-0.1, -0.05) is 11.6 Å². The standard InChI is InChI=1S/C14H18ClN5/c1-9-7-10(15)5-6-11(9)17-12-8-16-20-13(18-12)19-14(2,3)4/h5-8H,1-4H3,(H2,17,18,19,20). The molecule has 0 saturated carbocycles. The zero-order valence-electron chi connectivity index (χ0n) is 12.0. The Bertz CT molecular complexity index is 607. The molecule has 1 aromatic heterocycles. The SMILES string of the molecule is Cc1cc(Cl)ccc1Nc1cnnc(NC(C)(C)C)n1. The maximum atomic E-state index is 5.94. The summed E-state index contributed by atoms with van der Waals surface area (Å²) >= 11 is 5.94. The average molecular weight is 292 g/mol. The number of aromatic nitrogens is 3. The first kappa shape index (κ1) is 14.5. The number of nitrogens with one attached hydrogen (secondary N) is 2. The van der Waals surface area contributed by atoms with Crippen molar-refractivity contribution in [1.82, 2.24) is 15.2 Å². The van der Waals surface area contributed by atoms with E-state index >= 15 is 0 Å². The summed E-state index contributed by atoms with van der Waals surface area (Å²) in [7, 11) is 0. The molecule has 0 saturated heterocycles. The molecule has 0 aliphatic rings. The van der Waals surface area contributed by atoms with Crippen LogP contribution in [0.25, 0.3) is 0 Å².